The van der Waals surface area contributed by atoms with Crippen molar-refractivity contribution in [2.75, 3.05) is 26.2 Å². The summed E-state index contributed by atoms with van der Waals surface area (Å²) in [7, 11) is 0. The lowest BCUT2D eigenvalue weighted by molar-refractivity contribution is 0.100. The minimum atomic E-state index is 0. The average Bonchev–Trinajstić information content (AvgIpc) is 2.52. The Balaban J connectivity index is 0.00000121. The molecule has 0 bridgehead atoms. The molecule has 2 aliphatic rings. The van der Waals surface area contributed by atoms with E-state index in [-0.39, 0.29) is 24.8 Å². The molecule has 1 aliphatic heterocycles. The summed E-state index contributed by atoms with van der Waals surface area (Å²) in [4.78, 5) is 7.38. The van der Waals surface area contributed by atoms with Crippen molar-refractivity contribution in [1.82, 2.24) is 15.2 Å². The maximum atomic E-state index is 4.72. The Labute approximate surface area is 154 Å². The van der Waals surface area contributed by atoms with Crippen molar-refractivity contribution in [3.63, 3.8) is 0 Å². The minimum absolute atomic E-state index is 0. The predicted molar refractivity (Wildman–Crippen MR) is 100 cm³/mol. The van der Waals surface area contributed by atoms with Gasteiger partial charge in [0.2, 0.25) is 0 Å². The lowest BCUT2D eigenvalue weighted by atomic mass is 9.81. The Bertz CT molecular complexity index is 400. The van der Waals surface area contributed by atoms with Crippen LogP contribution in [0, 0.1) is 5.92 Å². The molecule has 1 atom stereocenters. The normalized spacial score (nSPS) is 21.5. The van der Waals surface area contributed by atoms with Gasteiger partial charge >= 0.3 is 0 Å². The average molecular weight is 411 g/mol. The topological polar surface area (TPSA) is 28.2 Å². The molecule has 2 fully saturated rings. The Kier molecular flexibility index (Phi) is 9.25. The van der Waals surface area contributed by atoms with Gasteiger partial charge in [-0.15, -0.1) is 24.8 Å². The molecule has 1 aromatic heterocycles. The number of nitrogens with one attached hydrogen (secondary N) is 1. The second-order valence-electron chi connectivity index (χ2n) is 6.03. The molecule has 6 heteroatoms. The number of halogens is 3. The summed E-state index contributed by atoms with van der Waals surface area (Å²) in [6.07, 6.45) is 8.89. The van der Waals surface area contributed by atoms with Crippen molar-refractivity contribution >= 4 is 40.7 Å². The van der Waals surface area contributed by atoms with E-state index in [1.807, 2.05) is 6.20 Å². The molecule has 22 heavy (non-hydrogen) atoms. The first-order valence-corrected chi connectivity index (χ1v) is 8.70. The Morgan fingerprint density at radius 3 is 2.36 bits per heavy atom. The zero-order chi connectivity index (χ0) is 13.8. The van der Waals surface area contributed by atoms with Crippen LogP contribution >= 0.6 is 40.7 Å². The number of hydrogen-bond acceptors (Lipinski definition) is 3. The van der Waals surface area contributed by atoms with E-state index in [1.54, 1.807) is 0 Å². The first kappa shape index (κ1) is 20.2. The number of piperazine rings is 1. The molecule has 1 aliphatic carbocycles. The quantitative estimate of drug-likeness (QED) is 0.808. The highest BCUT2D eigenvalue weighted by atomic mass is 79.9. The highest BCUT2D eigenvalue weighted by Crippen LogP contribution is 2.37. The van der Waals surface area contributed by atoms with E-state index in [0.29, 0.717) is 6.04 Å². The summed E-state index contributed by atoms with van der Waals surface area (Å²) in [5, 5.41) is 3.46. The van der Waals surface area contributed by atoms with E-state index in [9.17, 15) is 0 Å². The van der Waals surface area contributed by atoms with Gasteiger partial charge < -0.3 is 5.32 Å². The second kappa shape index (κ2) is 10.1. The van der Waals surface area contributed by atoms with Gasteiger partial charge in [0.15, 0.2) is 0 Å². The van der Waals surface area contributed by atoms with E-state index in [0.717, 1.165) is 36.6 Å². The van der Waals surface area contributed by atoms with Gasteiger partial charge in [0, 0.05) is 36.8 Å². The molecule has 1 saturated heterocycles. The predicted octanol–water partition coefficient (Wildman–Crippen LogP) is 4.21. The summed E-state index contributed by atoms with van der Waals surface area (Å²) in [6.45, 7) is 4.53. The first-order chi connectivity index (χ1) is 9.84. The summed E-state index contributed by atoms with van der Waals surface area (Å²) in [6, 6.07) is 4.87. The third kappa shape index (κ3) is 5.07. The Morgan fingerprint density at radius 1 is 1.09 bits per heavy atom. The molecule has 0 amide bonds. The number of pyridine rings is 1. The van der Waals surface area contributed by atoms with Crippen molar-refractivity contribution in [2.24, 2.45) is 5.92 Å². The Hall–Kier alpha value is 0.130. The van der Waals surface area contributed by atoms with Crippen LogP contribution < -0.4 is 5.32 Å². The zero-order valence-electron chi connectivity index (χ0n) is 12.8. The van der Waals surface area contributed by atoms with Gasteiger partial charge in [-0.25, -0.2) is 0 Å². The summed E-state index contributed by atoms with van der Waals surface area (Å²) >= 11 is 3.50. The molecule has 126 valence electrons. The van der Waals surface area contributed by atoms with Crippen LogP contribution in [0.1, 0.15) is 43.8 Å². The third-order valence-electron chi connectivity index (χ3n) is 4.69. The van der Waals surface area contributed by atoms with Gasteiger partial charge in [0.05, 0.1) is 11.7 Å². The van der Waals surface area contributed by atoms with Gasteiger partial charge in [0.1, 0.15) is 0 Å². The molecule has 1 saturated carbocycles. The van der Waals surface area contributed by atoms with Crippen molar-refractivity contribution in [3.05, 3.63) is 28.5 Å². The van der Waals surface area contributed by atoms with Crippen LogP contribution in [-0.2, 0) is 0 Å². The van der Waals surface area contributed by atoms with Gasteiger partial charge in [-0.1, -0.05) is 19.3 Å². The number of aromatic nitrogens is 1. The fourth-order valence-electron chi connectivity index (χ4n) is 3.70. The SMILES string of the molecule is Brc1ccc([C@@H](C2CCCCC2)N2CCNCC2)nc1.Cl.Cl. The fraction of sp³-hybridized carbons (Fsp3) is 0.688. The van der Waals surface area contributed by atoms with Crippen molar-refractivity contribution < 1.29 is 0 Å². The third-order valence-corrected chi connectivity index (χ3v) is 5.16. The van der Waals surface area contributed by atoms with Crippen molar-refractivity contribution in [1.29, 1.82) is 0 Å². The van der Waals surface area contributed by atoms with E-state index >= 15 is 0 Å². The standard InChI is InChI=1S/C16H24BrN3.2ClH/c17-14-6-7-15(19-12-14)16(13-4-2-1-3-5-13)20-10-8-18-9-11-20;;/h6-7,12-13,16,18H,1-5,8-11H2;2*1H/t16-;;/m1../s1. The molecule has 1 N–H and O–H groups in total. The van der Waals surface area contributed by atoms with E-state index in [4.69, 9.17) is 4.98 Å². The lowest BCUT2D eigenvalue weighted by Crippen LogP contribution is -2.47. The molecule has 0 spiro atoms. The lowest BCUT2D eigenvalue weighted by Gasteiger charge is -2.40. The van der Waals surface area contributed by atoms with Gasteiger partial charge in [0.25, 0.3) is 0 Å². The van der Waals surface area contributed by atoms with Crippen molar-refractivity contribution in [3.8, 4) is 0 Å². The number of nitrogens with zero attached hydrogens (tertiary/aromatic N) is 2. The summed E-state index contributed by atoms with van der Waals surface area (Å²) < 4.78 is 1.07. The summed E-state index contributed by atoms with van der Waals surface area (Å²) in [5.41, 5.74) is 1.27. The number of hydrogen-bond donors (Lipinski definition) is 1. The molecule has 3 rings (SSSR count). The van der Waals surface area contributed by atoms with E-state index in [2.05, 4.69) is 38.3 Å². The maximum Gasteiger partial charge on any atom is 0.0579 e. The first-order valence-electron chi connectivity index (χ1n) is 7.91. The molecule has 3 nitrogen and oxygen atoms in total. The molecular formula is C16H26BrCl2N3. The fourth-order valence-corrected chi connectivity index (χ4v) is 3.93. The zero-order valence-corrected chi connectivity index (χ0v) is 16.1. The molecule has 0 unspecified atom stereocenters. The summed E-state index contributed by atoms with van der Waals surface area (Å²) in [5.74, 6) is 0.788. The van der Waals surface area contributed by atoms with Crippen LogP contribution in [-0.4, -0.2) is 36.1 Å². The molecule has 1 aromatic rings. The maximum absolute atomic E-state index is 4.72. The molecular weight excluding hydrogens is 385 g/mol. The molecule has 2 heterocycles. The highest BCUT2D eigenvalue weighted by molar-refractivity contribution is 9.10. The van der Waals surface area contributed by atoms with E-state index < -0.39 is 0 Å². The van der Waals surface area contributed by atoms with Crippen LogP contribution in [0.3, 0.4) is 0 Å². The van der Waals surface area contributed by atoms with Crippen LogP contribution in [0.15, 0.2) is 22.8 Å². The largest absolute Gasteiger partial charge is 0.314 e. The van der Waals surface area contributed by atoms with Gasteiger partial charge in [-0.05, 0) is 46.8 Å². The second-order valence-corrected chi connectivity index (χ2v) is 6.95. The van der Waals surface area contributed by atoms with Crippen LogP contribution in [0.5, 0.6) is 0 Å². The van der Waals surface area contributed by atoms with Crippen molar-refractivity contribution in [2.45, 2.75) is 38.1 Å². The van der Waals surface area contributed by atoms with Crippen LogP contribution in [0.4, 0.5) is 0 Å². The van der Waals surface area contributed by atoms with Gasteiger partial charge in [-0.2, -0.15) is 0 Å². The van der Waals surface area contributed by atoms with Crippen LogP contribution in [0.2, 0.25) is 0 Å². The van der Waals surface area contributed by atoms with E-state index in [1.165, 1.54) is 37.8 Å². The highest BCUT2D eigenvalue weighted by Gasteiger charge is 2.31. The van der Waals surface area contributed by atoms with Gasteiger partial charge in [-0.3, -0.25) is 9.88 Å². The number of rotatable bonds is 3. The molecule has 0 radical (unpaired) electrons. The minimum Gasteiger partial charge on any atom is -0.314 e. The molecule has 0 aromatic carbocycles. The monoisotopic (exact) mass is 409 g/mol. The Morgan fingerprint density at radius 2 is 1.77 bits per heavy atom. The van der Waals surface area contributed by atoms with Crippen LogP contribution in [0.25, 0.3) is 0 Å². The smallest absolute Gasteiger partial charge is 0.0579 e.